The van der Waals surface area contributed by atoms with Crippen LogP contribution in [0, 0.1) is 11.3 Å². The lowest BCUT2D eigenvalue weighted by atomic mass is 10.1. The first kappa shape index (κ1) is 15.9. The van der Waals surface area contributed by atoms with Gasteiger partial charge in [0.05, 0.1) is 15.6 Å². The molecule has 0 radical (unpaired) electrons. The summed E-state index contributed by atoms with van der Waals surface area (Å²) in [5, 5.41) is 8.98. The lowest BCUT2D eigenvalue weighted by Crippen LogP contribution is -2.05. The van der Waals surface area contributed by atoms with Crippen LogP contribution in [0.15, 0.2) is 45.3 Å². The van der Waals surface area contributed by atoms with E-state index in [0.29, 0.717) is 10.2 Å². The summed E-state index contributed by atoms with van der Waals surface area (Å²) in [6, 6.07) is 9.57. The maximum absolute atomic E-state index is 12.6. The molecule has 7 heteroatoms. The Morgan fingerprint density at radius 1 is 1.00 bits per heavy atom. The van der Waals surface area contributed by atoms with E-state index in [1.807, 2.05) is 0 Å². The highest BCUT2D eigenvalue weighted by Crippen LogP contribution is 2.36. The minimum Gasteiger partial charge on any atom is -0.455 e. The van der Waals surface area contributed by atoms with Crippen molar-refractivity contribution in [3.8, 4) is 17.6 Å². The number of hydrogen-bond donors (Lipinski definition) is 0. The van der Waals surface area contributed by atoms with E-state index in [4.69, 9.17) is 10.00 Å². The maximum Gasteiger partial charge on any atom is 0.416 e. The molecular formula is C14H6Br2F3NO. The number of alkyl halides is 3. The van der Waals surface area contributed by atoms with E-state index in [2.05, 4.69) is 31.9 Å². The average Bonchev–Trinajstić information content (AvgIpc) is 2.41. The molecule has 0 N–H and O–H groups in total. The number of ether oxygens (including phenoxy) is 1. The van der Waals surface area contributed by atoms with Crippen molar-refractivity contribution in [1.29, 1.82) is 5.26 Å². The zero-order valence-electron chi connectivity index (χ0n) is 10.2. The average molecular weight is 421 g/mol. The standard InChI is InChI=1S/C14H6Br2F3NO/c15-10-2-4-13(11(16)6-10)21-12-3-1-9(14(17,18)19)5-8(12)7-20/h1-6H. The summed E-state index contributed by atoms with van der Waals surface area (Å²) >= 11 is 6.56. The summed E-state index contributed by atoms with van der Waals surface area (Å²) < 4.78 is 44.7. The first-order valence-corrected chi connectivity index (χ1v) is 7.14. The van der Waals surface area contributed by atoms with Crippen LogP contribution in [0.1, 0.15) is 11.1 Å². The quantitative estimate of drug-likeness (QED) is 0.606. The normalized spacial score (nSPS) is 11.0. The molecule has 0 amide bonds. The number of halogens is 5. The summed E-state index contributed by atoms with van der Waals surface area (Å²) in [4.78, 5) is 0. The van der Waals surface area contributed by atoms with Crippen LogP contribution in [0.4, 0.5) is 13.2 Å². The van der Waals surface area contributed by atoms with E-state index in [0.717, 1.165) is 22.7 Å². The van der Waals surface area contributed by atoms with Crippen LogP contribution in [-0.4, -0.2) is 0 Å². The topological polar surface area (TPSA) is 33.0 Å². The highest BCUT2D eigenvalue weighted by Gasteiger charge is 2.31. The van der Waals surface area contributed by atoms with E-state index in [1.54, 1.807) is 24.3 Å². The molecule has 0 aliphatic heterocycles. The second kappa shape index (κ2) is 6.08. The van der Waals surface area contributed by atoms with Crippen LogP contribution in [0.2, 0.25) is 0 Å². The molecule has 108 valence electrons. The molecule has 0 saturated carbocycles. The molecule has 0 bridgehead atoms. The van der Waals surface area contributed by atoms with Crippen molar-refractivity contribution in [1.82, 2.24) is 0 Å². The number of nitriles is 1. The van der Waals surface area contributed by atoms with Gasteiger partial charge in [0.25, 0.3) is 0 Å². The van der Waals surface area contributed by atoms with Gasteiger partial charge in [-0.1, -0.05) is 15.9 Å². The van der Waals surface area contributed by atoms with Gasteiger partial charge in [-0.3, -0.25) is 0 Å². The number of rotatable bonds is 2. The number of hydrogen-bond acceptors (Lipinski definition) is 2. The van der Waals surface area contributed by atoms with Gasteiger partial charge in [0.15, 0.2) is 0 Å². The third-order valence-corrected chi connectivity index (χ3v) is 3.65. The first-order chi connectivity index (χ1) is 9.81. The van der Waals surface area contributed by atoms with Gasteiger partial charge in [-0.25, -0.2) is 0 Å². The highest BCUT2D eigenvalue weighted by atomic mass is 79.9. The Labute approximate surface area is 135 Å². The number of nitrogens with zero attached hydrogens (tertiary/aromatic N) is 1. The summed E-state index contributed by atoms with van der Waals surface area (Å²) in [6.45, 7) is 0. The Kier molecular flexibility index (Phi) is 4.59. The molecule has 2 aromatic carbocycles. The zero-order valence-corrected chi connectivity index (χ0v) is 13.4. The molecule has 2 rings (SSSR count). The number of benzene rings is 2. The fourth-order valence-corrected chi connectivity index (χ4v) is 2.69. The van der Waals surface area contributed by atoms with Crippen LogP contribution in [-0.2, 0) is 6.18 Å². The fourth-order valence-electron chi connectivity index (χ4n) is 1.56. The van der Waals surface area contributed by atoms with Crippen molar-refractivity contribution in [3.05, 3.63) is 56.5 Å². The minimum atomic E-state index is -4.50. The van der Waals surface area contributed by atoms with Crippen molar-refractivity contribution in [2.24, 2.45) is 0 Å². The van der Waals surface area contributed by atoms with Crippen molar-refractivity contribution in [2.75, 3.05) is 0 Å². The van der Waals surface area contributed by atoms with Crippen molar-refractivity contribution in [3.63, 3.8) is 0 Å². The van der Waals surface area contributed by atoms with E-state index >= 15 is 0 Å². The van der Waals surface area contributed by atoms with Gasteiger partial charge in [-0.15, -0.1) is 0 Å². The molecule has 0 heterocycles. The summed E-state index contributed by atoms with van der Waals surface area (Å²) in [7, 11) is 0. The van der Waals surface area contributed by atoms with Crippen LogP contribution in [0.5, 0.6) is 11.5 Å². The predicted molar refractivity (Wildman–Crippen MR) is 78.1 cm³/mol. The summed E-state index contributed by atoms with van der Waals surface area (Å²) in [5.41, 5.74) is -1.07. The van der Waals surface area contributed by atoms with Crippen LogP contribution >= 0.6 is 31.9 Å². The predicted octanol–water partition coefficient (Wildman–Crippen LogP) is 5.89. The molecule has 0 aromatic heterocycles. The molecule has 0 saturated heterocycles. The highest BCUT2D eigenvalue weighted by molar-refractivity contribution is 9.11. The van der Waals surface area contributed by atoms with Crippen LogP contribution in [0.25, 0.3) is 0 Å². The SMILES string of the molecule is N#Cc1cc(C(F)(F)F)ccc1Oc1ccc(Br)cc1Br. The smallest absolute Gasteiger partial charge is 0.416 e. The molecule has 21 heavy (non-hydrogen) atoms. The molecule has 2 aromatic rings. The van der Waals surface area contributed by atoms with Gasteiger partial charge in [0.2, 0.25) is 0 Å². The lowest BCUT2D eigenvalue weighted by Gasteiger charge is -2.12. The second-order valence-electron chi connectivity index (χ2n) is 4.00. The van der Waals surface area contributed by atoms with E-state index in [-0.39, 0.29) is 11.3 Å². The van der Waals surface area contributed by atoms with E-state index < -0.39 is 11.7 Å². The van der Waals surface area contributed by atoms with E-state index in [1.165, 1.54) is 0 Å². The van der Waals surface area contributed by atoms with Crippen molar-refractivity contribution in [2.45, 2.75) is 6.18 Å². The van der Waals surface area contributed by atoms with Crippen LogP contribution < -0.4 is 4.74 Å². The van der Waals surface area contributed by atoms with Gasteiger partial charge in [0, 0.05) is 4.47 Å². The Morgan fingerprint density at radius 3 is 2.24 bits per heavy atom. The van der Waals surface area contributed by atoms with Crippen molar-refractivity contribution < 1.29 is 17.9 Å². The largest absolute Gasteiger partial charge is 0.455 e. The zero-order chi connectivity index (χ0) is 15.6. The van der Waals surface area contributed by atoms with E-state index in [9.17, 15) is 13.2 Å². The molecule has 0 atom stereocenters. The monoisotopic (exact) mass is 419 g/mol. The summed E-state index contributed by atoms with van der Waals surface area (Å²) in [5.74, 6) is 0.461. The van der Waals surface area contributed by atoms with Gasteiger partial charge in [-0.2, -0.15) is 18.4 Å². The first-order valence-electron chi connectivity index (χ1n) is 5.55. The maximum atomic E-state index is 12.6. The van der Waals surface area contributed by atoms with Crippen molar-refractivity contribution >= 4 is 31.9 Å². The third kappa shape index (κ3) is 3.77. The van der Waals surface area contributed by atoms with Gasteiger partial charge in [-0.05, 0) is 52.3 Å². The molecule has 0 unspecified atom stereocenters. The molecular weight excluding hydrogens is 415 g/mol. The fraction of sp³-hybridized carbons (Fsp3) is 0.0714. The Balaban J connectivity index is 2.39. The molecule has 0 spiro atoms. The van der Waals surface area contributed by atoms with Gasteiger partial charge >= 0.3 is 6.18 Å². The van der Waals surface area contributed by atoms with Gasteiger partial charge in [0.1, 0.15) is 17.6 Å². The Hall–Kier alpha value is -1.52. The molecule has 0 aliphatic carbocycles. The minimum absolute atomic E-state index is 0.0634. The van der Waals surface area contributed by atoms with Gasteiger partial charge < -0.3 is 4.74 Å². The molecule has 0 aliphatic rings. The second-order valence-corrected chi connectivity index (χ2v) is 5.77. The molecule has 2 nitrogen and oxygen atoms in total. The summed E-state index contributed by atoms with van der Waals surface area (Å²) in [6.07, 6.45) is -4.50. The Bertz CT molecular complexity index is 723. The third-order valence-electron chi connectivity index (χ3n) is 2.54. The molecule has 0 fully saturated rings. The Morgan fingerprint density at radius 2 is 1.67 bits per heavy atom. The lowest BCUT2D eigenvalue weighted by molar-refractivity contribution is -0.137. The van der Waals surface area contributed by atoms with Crippen LogP contribution in [0.3, 0.4) is 0 Å².